The molecule has 2 heterocycles. The van der Waals surface area contributed by atoms with Gasteiger partial charge in [-0.3, -0.25) is 0 Å². The van der Waals surface area contributed by atoms with Crippen molar-refractivity contribution in [3.05, 3.63) is 65.3 Å². The number of aromatic amines is 1. The molecule has 1 N–H and O–H groups in total. The number of nitrogens with zero attached hydrogens (tertiary/aromatic N) is 3. The smallest absolute Gasteiger partial charge is 0.226 e. The summed E-state index contributed by atoms with van der Waals surface area (Å²) in [4.78, 5) is 12.3. The van der Waals surface area contributed by atoms with Gasteiger partial charge in [-0.1, -0.05) is 28.9 Å². The first kappa shape index (κ1) is 14.9. The molecule has 6 heteroatoms. The monoisotopic (exact) mass is 338 g/mol. The number of aryl methyl sites for hydroxylation is 2. The van der Waals surface area contributed by atoms with E-state index in [9.17, 15) is 0 Å². The van der Waals surface area contributed by atoms with E-state index in [2.05, 4.69) is 20.1 Å². The number of fused-ring (bicyclic) bond motifs is 1. The molecule has 0 radical (unpaired) electrons. The van der Waals surface area contributed by atoms with Gasteiger partial charge in [0.15, 0.2) is 0 Å². The minimum atomic E-state index is 0.588. The molecule has 4 rings (SSSR count). The Hall–Kier alpha value is -2.66. The quantitative estimate of drug-likeness (QED) is 0.584. The number of imidazole rings is 1. The third kappa shape index (κ3) is 3.16. The van der Waals surface area contributed by atoms with Crippen LogP contribution >= 0.6 is 11.6 Å². The van der Waals surface area contributed by atoms with Gasteiger partial charge in [-0.15, -0.1) is 0 Å². The summed E-state index contributed by atoms with van der Waals surface area (Å²) in [5.74, 6) is 2.20. The maximum Gasteiger partial charge on any atom is 0.226 e. The second-order valence-corrected chi connectivity index (χ2v) is 6.01. The number of rotatable bonds is 5. The van der Waals surface area contributed by atoms with Crippen LogP contribution in [0.4, 0.5) is 0 Å². The van der Waals surface area contributed by atoms with E-state index in [-0.39, 0.29) is 0 Å². The van der Waals surface area contributed by atoms with E-state index in [1.54, 1.807) is 0 Å². The molecule has 0 aliphatic carbocycles. The largest absolute Gasteiger partial charge is 0.342 e. The first-order chi connectivity index (χ1) is 11.8. The highest BCUT2D eigenvalue weighted by Gasteiger charge is 2.09. The van der Waals surface area contributed by atoms with Crippen molar-refractivity contribution in [3.8, 4) is 11.4 Å². The summed E-state index contributed by atoms with van der Waals surface area (Å²) in [6.45, 7) is 0. The Kier molecular flexibility index (Phi) is 4.01. The minimum Gasteiger partial charge on any atom is -0.342 e. The summed E-state index contributed by atoms with van der Waals surface area (Å²) in [6.07, 6.45) is 2.45. The van der Waals surface area contributed by atoms with Gasteiger partial charge in [0.1, 0.15) is 5.82 Å². The summed E-state index contributed by atoms with van der Waals surface area (Å²) in [5.41, 5.74) is 2.96. The van der Waals surface area contributed by atoms with Crippen LogP contribution in [-0.4, -0.2) is 20.1 Å². The Balaban J connectivity index is 1.38. The van der Waals surface area contributed by atoms with Gasteiger partial charge >= 0.3 is 0 Å². The van der Waals surface area contributed by atoms with Gasteiger partial charge in [0, 0.05) is 23.4 Å². The van der Waals surface area contributed by atoms with E-state index >= 15 is 0 Å². The fourth-order valence-electron chi connectivity index (χ4n) is 2.60. The molecule has 24 heavy (non-hydrogen) atoms. The van der Waals surface area contributed by atoms with Gasteiger partial charge in [0.05, 0.1) is 11.0 Å². The lowest BCUT2D eigenvalue weighted by molar-refractivity contribution is 0.376. The number of hydrogen-bond acceptors (Lipinski definition) is 4. The van der Waals surface area contributed by atoms with E-state index in [0.717, 1.165) is 41.7 Å². The summed E-state index contributed by atoms with van der Waals surface area (Å²) < 4.78 is 5.32. The van der Waals surface area contributed by atoms with Gasteiger partial charge in [0.25, 0.3) is 0 Å². The predicted octanol–water partition coefficient (Wildman–Crippen LogP) is 4.44. The molecule has 2 aromatic carbocycles. The zero-order valence-corrected chi connectivity index (χ0v) is 13.6. The Labute approximate surface area is 143 Å². The molecule has 120 valence electrons. The second kappa shape index (κ2) is 6.45. The normalized spacial score (nSPS) is 11.2. The van der Waals surface area contributed by atoms with E-state index in [0.29, 0.717) is 16.7 Å². The van der Waals surface area contributed by atoms with E-state index < -0.39 is 0 Å². The van der Waals surface area contributed by atoms with Crippen LogP contribution in [0.25, 0.3) is 22.4 Å². The van der Waals surface area contributed by atoms with Gasteiger partial charge in [0.2, 0.25) is 11.7 Å². The molecule has 2 aromatic heterocycles. The predicted molar refractivity (Wildman–Crippen MR) is 92.9 cm³/mol. The maximum atomic E-state index is 5.89. The molecule has 0 aliphatic heterocycles. The third-order valence-corrected chi connectivity index (χ3v) is 4.07. The molecule has 0 spiro atoms. The third-order valence-electron chi connectivity index (χ3n) is 3.81. The molecule has 0 unspecified atom stereocenters. The van der Waals surface area contributed by atoms with Crippen molar-refractivity contribution in [2.45, 2.75) is 19.3 Å². The van der Waals surface area contributed by atoms with Crippen molar-refractivity contribution in [1.29, 1.82) is 0 Å². The fourth-order valence-corrected chi connectivity index (χ4v) is 2.73. The summed E-state index contributed by atoms with van der Waals surface area (Å²) in [7, 11) is 0. The van der Waals surface area contributed by atoms with Gasteiger partial charge in [-0.05, 0) is 42.8 Å². The van der Waals surface area contributed by atoms with Crippen molar-refractivity contribution < 1.29 is 4.52 Å². The Bertz CT molecular complexity index is 925. The first-order valence-electron chi connectivity index (χ1n) is 7.80. The van der Waals surface area contributed by atoms with Crippen LogP contribution in [0.5, 0.6) is 0 Å². The molecule has 0 amide bonds. The average Bonchev–Trinajstić information content (AvgIpc) is 3.22. The lowest BCUT2D eigenvalue weighted by Gasteiger charge is -1.94. The summed E-state index contributed by atoms with van der Waals surface area (Å²) in [6, 6.07) is 15.4. The standard InChI is InChI=1S/C18H15ClN4O/c19-13-10-8-12(9-11-13)18-22-17(24-23-18)7-3-6-16-20-14-4-1-2-5-15(14)21-16/h1-2,4-5,8-11H,3,6-7H2,(H,20,21). The van der Waals surface area contributed by atoms with E-state index in [1.165, 1.54) is 0 Å². The molecule has 4 aromatic rings. The van der Waals surface area contributed by atoms with Crippen molar-refractivity contribution in [2.75, 3.05) is 0 Å². The molecule has 0 fully saturated rings. The molecule has 0 bridgehead atoms. The van der Waals surface area contributed by atoms with Gasteiger partial charge in [-0.2, -0.15) is 4.98 Å². The van der Waals surface area contributed by atoms with Crippen LogP contribution in [0.2, 0.25) is 5.02 Å². The number of nitrogens with one attached hydrogen (secondary N) is 1. The second-order valence-electron chi connectivity index (χ2n) is 5.57. The van der Waals surface area contributed by atoms with Crippen LogP contribution in [-0.2, 0) is 12.8 Å². The Morgan fingerprint density at radius 1 is 0.958 bits per heavy atom. The van der Waals surface area contributed by atoms with Crippen molar-refractivity contribution in [2.24, 2.45) is 0 Å². The van der Waals surface area contributed by atoms with Gasteiger partial charge < -0.3 is 9.51 Å². The molecule has 0 saturated heterocycles. The number of H-pyrrole nitrogens is 1. The van der Waals surface area contributed by atoms with E-state index in [4.69, 9.17) is 16.1 Å². The Morgan fingerprint density at radius 3 is 2.62 bits per heavy atom. The minimum absolute atomic E-state index is 0.588. The topological polar surface area (TPSA) is 67.6 Å². The number of hydrogen-bond donors (Lipinski definition) is 1. The fraction of sp³-hybridized carbons (Fsp3) is 0.167. The van der Waals surface area contributed by atoms with Crippen molar-refractivity contribution in [1.82, 2.24) is 20.1 Å². The number of para-hydroxylation sites is 2. The SMILES string of the molecule is Clc1ccc(-c2noc(CCCc3nc4ccccc4[nH]3)n2)cc1. The highest BCUT2D eigenvalue weighted by molar-refractivity contribution is 6.30. The van der Waals surface area contributed by atoms with Crippen molar-refractivity contribution in [3.63, 3.8) is 0 Å². The molecule has 0 aliphatic rings. The number of benzene rings is 2. The van der Waals surface area contributed by atoms with Crippen LogP contribution in [0.1, 0.15) is 18.1 Å². The highest BCUT2D eigenvalue weighted by Crippen LogP contribution is 2.19. The van der Waals surface area contributed by atoms with Crippen LogP contribution in [0.3, 0.4) is 0 Å². The zero-order valence-electron chi connectivity index (χ0n) is 12.9. The lowest BCUT2D eigenvalue weighted by atomic mass is 10.2. The van der Waals surface area contributed by atoms with Crippen LogP contribution in [0.15, 0.2) is 53.1 Å². The average molecular weight is 339 g/mol. The number of halogens is 1. The molecular formula is C18H15ClN4O. The zero-order chi connectivity index (χ0) is 16.4. The van der Waals surface area contributed by atoms with Gasteiger partial charge in [-0.25, -0.2) is 4.98 Å². The number of aromatic nitrogens is 4. The Morgan fingerprint density at radius 2 is 1.79 bits per heavy atom. The molecule has 0 atom stereocenters. The summed E-state index contributed by atoms with van der Waals surface area (Å²) in [5, 5.41) is 4.71. The maximum absolute atomic E-state index is 5.89. The molecular weight excluding hydrogens is 324 g/mol. The van der Waals surface area contributed by atoms with Crippen molar-refractivity contribution >= 4 is 22.6 Å². The first-order valence-corrected chi connectivity index (χ1v) is 8.18. The van der Waals surface area contributed by atoms with Crippen LogP contribution < -0.4 is 0 Å². The van der Waals surface area contributed by atoms with Crippen LogP contribution in [0, 0.1) is 0 Å². The molecule has 0 saturated carbocycles. The lowest BCUT2D eigenvalue weighted by Crippen LogP contribution is -1.92. The molecule has 5 nitrogen and oxygen atoms in total. The van der Waals surface area contributed by atoms with E-state index in [1.807, 2.05) is 48.5 Å². The highest BCUT2D eigenvalue weighted by atomic mass is 35.5. The summed E-state index contributed by atoms with van der Waals surface area (Å²) >= 11 is 5.89.